The molecular formula is C12H20ClN3OS. The van der Waals surface area contributed by atoms with Crippen molar-refractivity contribution in [2.45, 2.75) is 45.6 Å². The Hall–Kier alpha value is -0.650. The molecule has 0 radical (unpaired) electrons. The maximum absolute atomic E-state index is 11.7. The number of aryl methyl sites for hydroxylation is 1. The first-order valence-electron chi connectivity index (χ1n) is 5.95. The number of thiazole rings is 1. The number of rotatable bonds is 2. The molecular weight excluding hydrogens is 270 g/mol. The van der Waals surface area contributed by atoms with E-state index < -0.39 is 5.54 Å². The highest BCUT2D eigenvalue weighted by Crippen LogP contribution is 2.32. The van der Waals surface area contributed by atoms with Gasteiger partial charge in [0.2, 0.25) is 5.91 Å². The van der Waals surface area contributed by atoms with Crippen molar-refractivity contribution in [3.63, 3.8) is 0 Å². The van der Waals surface area contributed by atoms with Crippen molar-refractivity contribution in [2.75, 3.05) is 5.32 Å². The zero-order chi connectivity index (χ0) is 12.6. The van der Waals surface area contributed by atoms with Crippen LogP contribution in [-0.2, 0) is 17.6 Å². The van der Waals surface area contributed by atoms with Crippen LogP contribution in [0.4, 0.5) is 5.13 Å². The Morgan fingerprint density at radius 2 is 2.22 bits per heavy atom. The van der Waals surface area contributed by atoms with Crippen LogP contribution in [0.1, 0.15) is 37.8 Å². The van der Waals surface area contributed by atoms with E-state index in [9.17, 15) is 4.79 Å². The van der Waals surface area contributed by atoms with Crippen LogP contribution in [-0.4, -0.2) is 16.4 Å². The first kappa shape index (κ1) is 15.4. The van der Waals surface area contributed by atoms with Gasteiger partial charge >= 0.3 is 0 Å². The zero-order valence-electron chi connectivity index (χ0n) is 10.9. The minimum Gasteiger partial charge on any atom is -0.318 e. The van der Waals surface area contributed by atoms with Gasteiger partial charge in [0, 0.05) is 4.88 Å². The van der Waals surface area contributed by atoms with Gasteiger partial charge in [-0.15, -0.1) is 23.7 Å². The molecule has 0 saturated heterocycles. The number of aromatic nitrogens is 1. The third kappa shape index (κ3) is 3.43. The summed E-state index contributed by atoms with van der Waals surface area (Å²) in [6.45, 7) is 5.64. The maximum Gasteiger partial charge on any atom is 0.245 e. The molecule has 1 atom stereocenters. The molecule has 18 heavy (non-hydrogen) atoms. The minimum atomic E-state index is -0.862. The predicted octanol–water partition coefficient (Wildman–Crippen LogP) is 2.37. The van der Waals surface area contributed by atoms with Crippen LogP contribution in [0.2, 0.25) is 0 Å². The van der Waals surface area contributed by atoms with Crippen LogP contribution in [0.25, 0.3) is 0 Å². The number of nitrogens with zero attached hydrogens (tertiary/aromatic N) is 1. The maximum atomic E-state index is 11.7. The highest BCUT2D eigenvalue weighted by molar-refractivity contribution is 7.15. The Bertz CT molecular complexity index is 439. The summed E-state index contributed by atoms with van der Waals surface area (Å²) in [7, 11) is 0. The van der Waals surface area contributed by atoms with Crippen molar-refractivity contribution < 1.29 is 4.79 Å². The van der Waals surface area contributed by atoms with Crippen molar-refractivity contribution in [2.24, 2.45) is 11.7 Å². The highest BCUT2D eigenvalue weighted by atomic mass is 35.5. The van der Waals surface area contributed by atoms with Gasteiger partial charge in [-0.3, -0.25) is 4.79 Å². The highest BCUT2D eigenvalue weighted by Gasteiger charge is 2.25. The molecule has 6 heteroatoms. The second-order valence-electron chi connectivity index (χ2n) is 5.41. The Morgan fingerprint density at radius 1 is 1.56 bits per heavy atom. The first-order valence-corrected chi connectivity index (χ1v) is 6.77. The number of hydrogen-bond donors (Lipinski definition) is 2. The second kappa shape index (κ2) is 5.55. The molecule has 102 valence electrons. The fraction of sp³-hybridized carbons (Fsp3) is 0.667. The number of amides is 1. The number of fused-ring (bicyclic) bond motifs is 1. The van der Waals surface area contributed by atoms with E-state index in [2.05, 4.69) is 17.2 Å². The molecule has 0 spiro atoms. The Morgan fingerprint density at radius 3 is 2.83 bits per heavy atom. The molecule has 0 saturated carbocycles. The predicted molar refractivity (Wildman–Crippen MR) is 77.4 cm³/mol. The molecule has 1 aliphatic carbocycles. The van der Waals surface area contributed by atoms with Gasteiger partial charge in [-0.2, -0.15) is 0 Å². The van der Waals surface area contributed by atoms with Gasteiger partial charge in [0.05, 0.1) is 11.2 Å². The Balaban J connectivity index is 0.00000162. The summed E-state index contributed by atoms with van der Waals surface area (Å²) in [4.78, 5) is 17.5. The third-order valence-corrected chi connectivity index (χ3v) is 4.03. The lowest BCUT2D eigenvalue weighted by Crippen LogP contribution is -2.45. The number of anilines is 1. The van der Waals surface area contributed by atoms with Gasteiger partial charge in [0.1, 0.15) is 0 Å². The van der Waals surface area contributed by atoms with Gasteiger partial charge in [0.25, 0.3) is 0 Å². The average molecular weight is 290 g/mol. The van der Waals surface area contributed by atoms with E-state index in [1.54, 1.807) is 25.2 Å². The lowest BCUT2D eigenvalue weighted by molar-refractivity contribution is -0.120. The quantitative estimate of drug-likeness (QED) is 0.878. The minimum absolute atomic E-state index is 0. The van der Waals surface area contributed by atoms with E-state index >= 15 is 0 Å². The summed E-state index contributed by atoms with van der Waals surface area (Å²) < 4.78 is 0. The van der Waals surface area contributed by atoms with E-state index in [4.69, 9.17) is 5.73 Å². The summed E-state index contributed by atoms with van der Waals surface area (Å²) in [5.41, 5.74) is 6.03. The third-order valence-electron chi connectivity index (χ3n) is 2.99. The van der Waals surface area contributed by atoms with E-state index in [1.807, 2.05) is 0 Å². The molecule has 0 aliphatic heterocycles. The molecule has 2 rings (SSSR count). The van der Waals surface area contributed by atoms with E-state index in [-0.39, 0.29) is 18.3 Å². The van der Waals surface area contributed by atoms with Crippen LogP contribution in [0.15, 0.2) is 0 Å². The van der Waals surface area contributed by atoms with Crippen LogP contribution in [0.5, 0.6) is 0 Å². The molecule has 1 unspecified atom stereocenters. The standard InChI is InChI=1S/C12H19N3OS.ClH/c1-7-4-5-8-9(6-7)17-11(14-8)15-10(16)12(2,3)13;/h7H,4-6,13H2,1-3H3,(H,14,15,16);1H. The number of carbonyl (C=O) groups excluding carboxylic acids is 1. The molecule has 3 N–H and O–H groups in total. The SMILES string of the molecule is CC1CCc2nc(NC(=O)C(C)(C)N)sc2C1.Cl. The number of nitrogens with two attached hydrogens (primary N) is 1. The summed E-state index contributed by atoms with van der Waals surface area (Å²) in [6.07, 6.45) is 3.29. The second-order valence-corrected chi connectivity index (χ2v) is 6.50. The van der Waals surface area contributed by atoms with Gasteiger partial charge in [-0.25, -0.2) is 4.98 Å². The molecule has 1 aliphatic rings. The first-order chi connectivity index (χ1) is 7.86. The molecule has 4 nitrogen and oxygen atoms in total. The van der Waals surface area contributed by atoms with E-state index in [0.29, 0.717) is 5.13 Å². The van der Waals surface area contributed by atoms with Crippen LogP contribution in [0.3, 0.4) is 0 Å². The molecule has 1 amide bonds. The van der Waals surface area contributed by atoms with E-state index in [0.717, 1.165) is 24.5 Å². The summed E-state index contributed by atoms with van der Waals surface area (Å²) >= 11 is 1.58. The summed E-state index contributed by atoms with van der Waals surface area (Å²) in [5, 5.41) is 3.48. The summed E-state index contributed by atoms with van der Waals surface area (Å²) in [6, 6.07) is 0. The zero-order valence-corrected chi connectivity index (χ0v) is 12.6. The lowest BCUT2D eigenvalue weighted by atomic mass is 9.93. The summed E-state index contributed by atoms with van der Waals surface area (Å²) in [5.74, 6) is 0.536. The van der Waals surface area contributed by atoms with Crippen LogP contribution in [0, 0.1) is 5.92 Å². The van der Waals surface area contributed by atoms with Crippen molar-refractivity contribution in [3.8, 4) is 0 Å². The molecule has 1 aromatic heterocycles. The van der Waals surface area contributed by atoms with Gasteiger partial charge in [-0.1, -0.05) is 6.92 Å². The van der Waals surface area contributed by atoms with Crippen LogP contribution < -0.4 is 11.1 Å². The number of halogens is 1. The fourth-order valence-electron chi connectivity index (χ4n) is 1.85. The fourth-order valence-corrected chi connectivity index (χ4v) is 3.02. The smallest absolute Gasteiger partial charge is 0.245 e. The van der Waals surface area contributed by atoms with Crippen molar-refractivity contribution in [3.05, 3.63) is 10.6 Å². The molecule has 1 aromatic rings. The van der Waals surface area contributed by atoms with Gasteiger partial charge in [0.15, 0.2) is 5.13 Å². The normalized spacial score (nSPS) is 18.8. The number of carbonyl (C=O) groups is 1. The average Bonchev–Trinajstić information content (AvgIpc) is 2.57. The van der Waals surface area contributed by atoms with Gasteiger partial charge in [-0.05, 0) is 39.0 Å². The Kier molecular flexibility index (Phi) is 4.75. The molecule has 1 heterocycles. The largest absolute Gasteiger partial charge is 0.318 e. The van der Waals surface area contributed by atoms with Gasteiger partial charge < -0.3 is 11.1 Å². The van der Waals surface area contributed by atoms with Crippen molar-refractivity contribution >= 4 is 34.8 Å². The van der Waals surface area contributed by atoms with Crippen LogP contribution >= 0.6 is 23.7 Å². The Labute approximate surface area is 118 Å². The lowest BCUT2D eigenvalue weighted by Gasteiger charge is -2.16. The number of hydrogen-bond acceptors (Lipinski definition) is 4. The van der Waals surface area contributed by atoms with E-state index in [1.165, 1.54) is 11.3 Å². The number of nitrogens with one attached hydrogen (secondary N) is 1. The monoisotopic (exact) mass is 289 g/mol. The topological polar surface area (TPSA) is 68.0 Å². The molecule has 0 aromatic carbocycles. The van der Waals surface area contributed by atoms with Crippen molar-refractivity contribution in [1.82, 2.24) is 4.98 Å². The molecule has 0 bridgehead atoms. The van der Waals surface area contributed by atoms with Crippen molar-refractivity contribution in [1.29, 1.82) is 0 Å². The molecule has 0 fully saturated rings.